The number of nitrogens with one attached hydrogen (secondary N) is 1. The summed E-state index contributed by atoms with van der Waals surface area (Å²) in [5.41, 5.74) is 2.48. The number of benzene rings is 1. The van der Waals surface area contributed by atoms with Crippen LogP contribution in [0.4, 0.5) is 0 Å². The second-order valence-corrected chi connectivity index (χ2v) is 6.72. The Morgan fingerprint density at radius 3 is 2.71 bits per heavy atom. The van der Waals surface area contributed by atoms with Crippen LogP contribution in [0.3, 0.4) is 0 Å². The largest absolute Gasteiger partial charge is 0.448 e. The molecule has 1 N–H and O–H groups in total. The van der Waals surface area contributed by atoms with Crippen LogP contribution in [0.5, 0.6) is 0 Å². The van der Waals surface area contributed by atoms with Crippen LogP contribution in [0.1, 0.15) is 12.7 Å². The molecule has 0 aliphatic carbocycles. The molecule has 0 aliphatic heterocycles. The molecule has 0 radical (unpaired) electrons. The standard InChI is InChI=1S/C14H12BrClN2O2S/c1-9(21-12-5-2-10(16)3-6-12)14(19)18-17-8-11-4-7-13(15)20-11/h2-9H,1H3,(H,18,19)/b17-8-/t9-/m0/s1. The number of amides is 1. The number of halogens is 2. The zero-order valence-electron chi connectivity index (χ0n) is 11.0. The maximum Gasteiger partial charge on any atom is 0.253 e. The average Bonchev–Trinajstić information content (AvgIpc) is 2.87. The number of nitrogens with zero attached hydrogens (tertiary/aromatic N) is 1. The summed E-state index contributed by atoms with van der Waals surface area (Å²) >= 11 is 10.4. The van der Waals surface area contributed by atoms with Gasteiger partial charge in [0, 0.05) is 9.92 Å². The highest BCUT2D eigenvalue weighted by molar-refractivity contribution is 9.10. The first-order valence-electron chi connectivity index (χ1n) is 6.05. The van der Waals surface area contributed by atoms with E-state index in [1.165, 1.54) is 18.0 Å². The molecule has 1 atom stereocenters. The van der Waals surface area contributed by atoms with E-state index in [1.54, 1.807) is 24.3 Å². The molecule has 2 aromatic rings. The van der Waals surface area contributed by atoms with Crippen LogP contribution in [0.25, 0.3) is 0 Å². The predicted molar refractivity (Wildman–Crippen MR) is 88.9 cm³/mol. The lowest BCUT2D eigenvalue weighted by molar-refractivity contribution is -0.120. The highest BCUT2D eigenvalue weighted by atomic mass is 79.9. The number of rotatable bonds is 5. The first-order valence-corrected chi connectivity index (χ1v) is 8.10. The predicted octanol–water partition coefficient (Wildman–Crippen LogP) is 4.33. The number of carbonyl (C=O) groups excluding carboxylic acids is 1. The van der Waals surface area contributed by atoms with Gasteiger partial charge in [0.05, 0.1) is 11.5 Å². The third-order valence-electron chi connectivity index (χ3n) is 2.46. The molecule has 0 spiro atoms. The van der Waals surface area contributed by atoms with E-state index in [4.69, 9.17) is 16.0 Å². The van der Waals surface area contributed by atoms with Gasteiger partial charge in [-0.2, -0.15) is 5.10 Å². The molecule has 110 valence electrons. The van der Waals surface area contributed by atoms with Crippen molar-refractivity contribution in [2.24, 2.45) is 5.10 Å². The van der Waals surface area contributed by atoms with Gasteiger partial charge in [-0.25, -0.2) is 5.43 Å². The Labute approximate surface area is 140 Å². The van der Waals surface area contributed by atoms with Crippen molar-refractivity contribution < 1.29 is 9.21 Å². The first kappa shape index (κ1) is 16.1. The van der Waals surface area contributed by atoms with Gasteiger partial charge in [0.15, 0.2) is 4.67 Å². The van der Waals surface area contributed by atoms with Crippen molar-refractivity contribution in [2.75, 3.05) is 0 Å². The molecule has 1 amide bonds. The molecule has 1 aromatic heterocycles. The monoisotopic (exact) mass is 386 g/mol. The van der Waals surface area contributed by atoms with E-state index in [0.29, 0.717) is 15.5 Å². The van der Waals surface area contributed by atoms with E-state index in [-0.39, 0.29) is 11.2 Å². The van der Waals surface area contributed by atoms with Gasteiger partial charge in [-0.1, -0.05) is 11.6 Å². The molecule has 1 aromatic carbocycles. The molecule has 0 fully saturated rings. The minimum absolute atomic E-state index is 0.183. The number of hydrazone groups is 1. The van der Waals surface area contributed by atoms with Crippen molar-refractivity contribution in [3.8, 4) is 0 Å². The third-order valence-corrected chi connectivity index (χ3v) is 4.25. The minimum atomic E-state index is -0.272. The fourth-order valence-corrected chi connectivity index (χ4v) is 2.73. The Bertz CT molecular complexity index is 643. The van der Waals surface area contributed by atoms with Gasteiger partial charge in [0.25, 0.3) is 5.91 Å². The van der Waals surface area contributed by atoms with Crippen molar-refractivity contribution in [1.29, 1.82) is 0 Å². The minimum Gasteiger partial charge on any atom is -0.448 e. The quantitative estimate of drug-likeness (QED) is 0.472. The van der Waals surface area contributed by atoms with Gasteiger partial charge in [-0.3, -0.25) is 4.79 Å². The van der Waals surface area contributed by atoms with Crippen molar-refractivity contribution in [2.45, 2.75) is 17.1 Å². The van der Waals surface area contributed by atoms with Gasteiger partial charge in [-0.15, -0.1) is 11.8 Å². The number of carbonyl (C=O) groups is 1. The molecule has 1 heterocycles. The van der Waals surface area contributed by atoms with Crippen LogP contribution in [0.2, 0.25) is 5.02 Å². The molecule has 21 heavy (non-hydrogen) atoms. The molecule has 2 rings (SSSR count). The molecule has 7 heteroatoms. The zero-order valence-corrected chi connectivity index (χ0v) is 14.2. The summed E-state index contributed by atoms with van der Waals surface area (Å²) in [5, 5.41) is 4.26. The number of hydrogen-bond donors (Lipinski definition) is 1. The molecule has 0 unspecified atom stereocenters. The lowest BCUT2D eigenvalue weighted by Crippen LogP contribution is -2.26. The van der Waals surface area contributed by atoms with E-state index < -0.39 is 0 Å². The lowest BCUT2D eigenvalue weighted by atomic mass is 10.4. The normalized spacial score (nSPS) is 12.5. The third kappa shape index (κ3) is 5.22. The maximum atomic E-state index is 11.9. The summed E-state index contributed by atoms with van der Waals surface area (Å²) in [6.45, 7) is 1.81. The van der Waals surface area contributed by atoms with Crippen LogP contribution >= 0.6 is 39.3 Å². The number of thioether (sulfide) groups is 1. The van der Waals surface area contributed by atoms with Crippen LogP contribution in [0, 0.1) is 0 Å². The fraction of sp³-hybridized carbons (Fsp3) is 0.143. The van der Waals surface area contributed by atoms with Crippen LogP contribution in [-0.2, 0) is 4.79 Å². The van der Waals surface area contributed by atoms with Gasteiger partial charge < -0.3 is 4.42 Å². The van der Waals surface area contributed by atoms with E-state index >= 15 is 0 Å². The SMILES string of the molecule is C[C@H](Sc1ccc(Cl)cc1)C(=O)N/N=C\c1ccc(Br)o1. The first-order chi connectivity index (χ1) is 10.0. The Hall–Kier alpha value is -1.24. The van der Waals surface area contributed by atoms with Crippen LogP contribution in [0.15, 0.2) is 55.5 Å². The summed E-state index contributed by atoms with van der Waals surface area (Å²) in [6.07, 6.45) is 1.45. The Kier molecular flexibility index (Phi) is 5.90. The van der Waals surface area contributed by atoms with Gasteiger partial charge >= 0.3 is 0 Å². The van der Waals surface area contributed by atoms with Crippen molar-refractivity contribution in [3.63, 3.8) is 0 Å². The highest BCUT2D eigenvalue weighted by Crippen LogP contribution is 2.24. The van der Waals surface area contributed by atoms with E-state index in [9.17, 15) is 4.79 Å². The van der Waals surface area contributed by atoms with Crippen molar-refractivity contribution in [1.82, 2.24) is 5.43 Å². The second kappa shape index (κ2) is 7.68. The number of furan rings is 1. The Balaban J connectivity index is 1.85. The summed E-state index contributed by atoms with van der Waals surface area (Å²) in [6, 6.07) is 10.8. The topological polar surface area (TPSA) is 54.6 Å². The van der Waals surface area contributed by atoms with E-state index in [0.717, 1.165) is 4.90 Å². The molecular formula is C14H12BrClN2O2S. The molecule has 0 aliphatic rings. The van der Waals surface area contributed by atoms with Gasteiger partial charge in [0.1, 0.15) is 5.76 Å². The van der Waals surface area contributed by atoms with Crippen LogP contribution in [-0.4, -0.2) is 17.4 Å². The molecule has 0 bridgehead atoms. The van der Waals surface area contributed by atoms with Gasteiger partial charge in [-0.05, 0) is 59.3 Å². The molecule has 4 nitrogen and oxygen atoms in total. The van der Waals surface area contributed by atoms with E-state index in [1.807, 2.05) is 19.1 Å². The Morgan fingerprint density at radius 1 is 1.38 bits per heavy atom. The fourth-order valence-electron chi connectivity index (χ4n) is 1.42. The zero-order chi connectivity index (χ0) is 15.2. The summed E-state index contributed by atoms with van der Waals surface area (Å²) in [7, 11) is 0. The Morgan fingerprint density at radius 2 is 2.10 bits per heavy atom. The summed E-state index contributed by atoms with van der Waals surface area (Å²) < 4.78 is 5.84. The van der Waals surface area contributed by atoms with Crippen molar-refractivity contribution in [3.05, 3.63) is 51.9 Å². The van der Waals surface area contributed by atoms with Gasteiger partial charge in [0.2, 0.25) is 0 Å². The molecular weight excluding hydrogens is 376 g/mol. The average molecular weight is 388 g/mol. The van der Waals surface area contributed by atoms with E-state index in [2.05, 4.69) is 26.5 Å². The molecule has 0 saturated heterocycles. The molecule has 0 saturated carbocycles. The van der Waals surface area contributed by atoms with Crippen LogP contribution < -0.4 is 5.43 Å². The second-order valence-electron chi connectivity index (χ2n) is 4.09. The maximum absolute atomic E-state index is 11.9. The summed E-state index contributed by atoms with van der Waals surface area (Å²) in [4.78, 5) is 12.9. The lowest BCUT2D eigenvalue weighted by Gasteiger charge is -2.09. The van der Waals surface area contributed by atoms with Crippen molar-refractivity contribution >= 4 is 51.4 Å². The number of hydrogen-bond acceptors (Lipinski definition) is 4. The smallest absolute Gasteiger partial charge is 0.253 e. The highest BCUT2D eigenvalue weighted by Gasteiger charge is 2.13. The summed E-state index contributed by atoms with van der Waals surface area (Å²) in [5.74, 6) is 0.372.